The summed E-state index contributed by atoms with van der Waals surface area (Å²) in [6.07, 6.45) is 5.12. The van der Waals surface area contributed by atoms with Gasteiger partial charge in [0.2, 0.25) is 17.7 Å². The fraction of sp³-hybridized carbons (Fsp3) is 0.333. The lowest BCUT2D eigenvalue weighted by Gasteiger charge is -2.34. The van der Waals surface area contributed by atoms with Crippen LogP contribution in [0.25, 0.3) is 27.8 Å². The van der Waals surface area contributed by atoms with E-state index in [9.17, 15) is 0 Å². The molecule has 1 saturated heterocycles. The van der Waals surface area contributed by atoms with Gasteiger partial charge in [0.15, 0.2) is 5.65 Å². The number of hydrogen-bond donors (Lipinski definition) is 0. The van der Waals surface area contributed by atoms with Gasteiger partial charge in [-0.15, -0.1) is 10.2 Å². The number of nitrogens with zero attached hydrogens (tertiary/aromatic N) is 8. The first-order valence-electron chi connectivity index (χ1n) is 10.2. The number of aryl methyl sites for hydroxylation is 1. The van der Waals surface area contributed by atoms with Crippen molar-refractivity contribution >= 4 is 16.7 Å². The van der Waals surface area contributed by atoms with Gasteiger partial charge >= 0.3 is 0 Å². The number of imidazole rings is 1. The van der Waals surface area contributed by atoms with Crippen LogP contribution in [0.3, 0.4) is 0 Å². The highest BCUT2D eigenvalue weighted by Gasteiger charge is 2.40. The van der Waals surface area contributed by atoms with Crippen LogP contribution in [-0.4, -0.2) is 59.7 Å². The zero-order valence-corrected chi connectivity index (χ0v) is 17.8. The molecule has 5 aromatic heterocycles. The monoisotopic (exact) mass is 432 g/mol. The van der Waals surface area contributed by atoms with Gasteiger partial charge in [-0.2, -0.15) is 10.1 Å². The van der Waals surface area contributed by atoms with Crippen molar-refractivity contribution < 1.29 is 13.9 Å². The molecule has 6 rings (SSSR count). The molecule has 0 aliphatic carbocycles. The van der Waals surface area contributed by atoms with Gasteiger partial charge in [0, 0.05) is 23.5 Å². The largest absolute Gasteiger partial charge is 0.479 e. The Bertz CT molecular complexity index is 1460. The van der Waals surface area contributed by atoms with E-state index in [1.165, 1.54) is 6.33 Å². The number of fused-ring (bicyclic) bond motifs is 2. The van der Waals surface area contributed by atoms with Gasteiger partial charge in [-0.1, -0.05) is 0 Å². The van der Waals surface area contributed by atoms with E-state index in [1.807, 2.05) is 29.8 Å². The van der Waals surface area contributed by atoms with Crippen molar-refractivity contribution in [2.75, 3.05) is 20.3 Å². The van der Waals surface area contributed by atoms with Crippen LogP contribution in [0.2, 0.25) is 0 Å². The number of rotatable bonds is 5. The summed E-state index contributed by atoms with van der Waals surface area (Å²) in [7, 11) is 1.59. The Labute approximate surface area is 182 Å². The lowest BCUT2D eigenvalue weighted by atomic mass is 9.89. The van der Waals surface area contributed by atoms with E-state index in [1.54, 1.807) is 17.8 Å². The molecule has 0 unspecified atom stereocenters. The first-order chi connectivity index (χ1) is 15.6. The van der Waals surface area contributed by atoms with E-state index in [4.69, 9.17) is 13.9 Å². The second-order valence-electron chi connectivity index (χ2n) is 8.16. The third-order valence-corrected chi connectivity index (χ3v) is 5.84. The molecule has 0 aromatic carbocycles. The van der Waals surface area contributed by atoms with Crippen molar-refractivity contribution in [3.05, 3.63) is 48.5 Å². The minimum atomic E-state index is -0.205. The zero-order chi connectivity index (χ0) is 21.9. The molecule has 0 bridgehead atoms. The van der Waals surface area contributed by atoms with Crippen molar-refractivity contribution in [2.24, 2.45) is 0 Å². The molecule has 0 spiro atoms. The quantitative estimate of drug-likeness (QED) is 0.412. The first kappa shape index (κ1) is 18.9. The van der Waals surface area contributed by atoms with Crippen LogP contribution < -0.4 is 4.74 Å². The molecule has 6 heterocycles. The number of pyridine rings is 1. The Morgan fingerprint density at radius 2 is 2.09 bits per heavy atom. The van der Waals surface area contributed by atoms with Crippen molar-refractivity contribution in [3.8, 4) is 17.0 Å². The molecule has 1 fully saturated rings. The maximum absolute atomic E-state index is 5.95. The van der Waals surface area contributed by atoms with E-state index < -0.39 is 0 Å². The highest BCUT2D eigenvalue weighted by molar-refractivity contribution is 5.87. The van der Waals surface area contributed by atoms with E-state index in [0.29, 0.717) is 43.1 Å². The van der Waals surface area contributed by atoms with Crippen LogP contribution in [0.1, 0.15) is 24.5 Å². The summed E-state index contributed by atoms with van der Waals surface area (Å²) in [4.78, 5) is 13.4. The molecule has 1 aliphatic heterocycles. The smallest absolute Gasteiger partial charge is 0.241 e. The van der Waals surface area contributed by atoms with Gasteiger partial charge in [0.25, 0.3) is 0 Å². The third kappa shape index (κ3) is 2.78. The molecule has 1 aliphatic rings. The number of ether oxygens (including phenoxy) is 2. The Morgan fingerprint density at radius 3 is 2.88 bits per heavy atom. The van der Waals surface area contributed by atoms with E-state index in [0.717, 1.165) is 28.0 Å². The van der Waals surface area contributed by atoms with E-state index in [-0.39, 0.29) is 5.41 Å². The van der Waals surface area contributed by atoms with Gasteiger partial charge in [-0.05, 0) is 26.0 Å². The van der Waals surface area contributed by atoms with Crippen LogP contribution in [0.15, 0.2) is 35.3 Å². The maximum atomic E-state index is 5.95. The summed E-state index contributed by atoms with van der Waals surface area (Å²) in [6.45, 7) is 5.58. The normalized spacial score (nSPS) is 15.3. The van der Waals surface area contributed by atoms with Crippen LogP contribution in [0, 0.1) is 6.92 Å². The van der Waals surface area contributed by atoms with Crippen LogP contribution >= 0.6 is 0 Å². The SMILES string of the molecule is COc1ncnn2ccc(-c3cnc4nc(C)n(Cc5nnc(C6(C)COC6)o5)c4c3)c12. The Balaban J connectivity index is 1.42. The average Bonchev–Trinajstić information content (AvgIpc) is 3.50. The predicted molar refractivity (Wildman–Crippen MR) is 112 cm³/mol. The number of hydrogen-bond acceptors (Lipinski definition) is 9. The first-order valence-corrected chi connectivity index (χ1v) is 10.2. The fourth-order valence-corrected chi connectivity index (χ4v) is 4.00. The van der Waals surface area contributed by atoms with Crippen molar-refractivity contribution in [2.45, 2.75) is 25.8 Å². The van der Waals surface area contributed by atoms with Crippen molar-refractivity contribution in [1.29, 1.82) is 0 Å². The molecular formula is C21H20N8O3. The molecule has 0 radical (unpaired) electrons. The Kier molecular flexibility index (Phi) is 4.02. The van der Waals surface area contributed by atoms with Gasteiger partial charge in [0.1, 0.15) is 24.2 Å². The van der Waals surface area contributed by atoms with Crippen molar-refractivity contribution in [3.63, 3.8) is 0 Å². The third-order valence-electron chi connectivity index (χ3n) is 5.84. The summed E-state index contributed by atoms with van der Waals surface area (Å²) in [5.41, 5.74) is 3.91. The van der Waals surface area contributed by atoms with E-state index >= 15 is 0 Å². The topological polar surface area (TPSA) is 118 Å². The van der Waals surface area contributed by atoms with Crippen molar-refractivity contribution in [1.82, 2.24) is 39.3 Å². The van der Waals surface area contributed by atoms with Gasteiger partial charge in [-0.25, -0.2) is 14.5 Å². The second-order valence-corrected chi connectivity index (χ2v) is 8.16. The highest BCUT2D eigenvalue weighted by Crippen LogP contribution is 2.33. The highest BCUT2D eigenvalue weighted by atomic mass is 16.5. The lowest BCUT2D eigenvalue weighted by molar-refractivity contribution is -0.0628. The molecule has 0 saturated carbocycles. The molecule has 0 atom stereocenters. The summed E-state index contributed by atoms with van der Waals surface area (Å²) >= 11 is 0. The molecule has 11 heteroatoms. The predicted octanol–water partition coefficient (Wildman–Crippen LogP) is 2.18. The van der Waals surface area contributed by atoms with Gasteiger partial charge in [0.05, 0.1) is 31.3 Å². The van der Waals surface area contributed by atoms with Crippen LogP contribution in [-0.2, 0) is 16.7 Å². The molecule has 0 amide bonds. The van der Waals surface area contributed by atoms with E-state index in [2.05, 4.69) is 37.2 Å². The number of methoxy groups -OCH3 is 1. The molecule has 5 aromatic rings. The summed E-state index contributed by atoms with van der Waals surface area (Å²) in [6, 6.07) is 4.01. The number of aromatic nitrogens is 8. The standard InChI is InChI=1S/C21H20N8O3/c1-12-25-18-15(28(12)8-16-26-27-20(32-16)21(2)9-31-10-21)6-13(7-22-18)14-4-5-29-17(14)19(30-3)23-11-24-29/h4-7,11H,8-10H2,1-3H3. The Hall–Kier alpha value is -3.86. The minimum absolute atomic E-state index is 0.205. The molecule has 11 nitrogen and oxygen atoms in total. The molecule has 32 heavy (non-hydrogen) atoms. The maximum Gasteiger partial charge on any atom is 0.241 e. The fourth-order valence-electron chi connectivity index (χ4n) is 4.00. The van der Waals surface area contributed by atoms with Crippen LogP contribution in [0.5, 0.6) is 5.88 Å². The lowest BCUT2D eigenvalue weighted by Crippen LogP contribution is -2.44. The second kappa shape index (κ2) is 6.82. The molecule has 0 N–H and O–H groups in total. The summed E-state index contributed by atoms with van der Waals surface area (Å²) in [5.74, 6) is 2.43. The molecule has 162 valence electrons. The average molecular weight is 432 g/mol. The van der Waals surface area contributed by atoms with Gasteiger partial charge < -0.3 is 18.5 Å². The summed E-state index contributed by atoms with van der Waals surface area (Å²) < 4.78 is 20.5. The Morgan fingerprint density at radius 1 is 1.22 bits per heavy atom. The molecular weight excluding hydrogens is 412 g/mol. The minimum Gasteiger partial charge on any atom is -0.479 e. The van der Waals surface area contributed by atoms with Crippen LogP contribution in [0.4, 0.5) is 0 Å². The summed E-state index contributed by atoms with van der Waals surface area (Å²) in [5, 5.41) is 12.7. The zero-order valence-electron chi connectivity index (χ0n) is 17.8. The van der Waals surface area contributed by atoms with Gasteiger partial charge in [-0.3, -0.25) is 0 Å².